The van der Waals surface area contributed by atoms with E-state index in [4.69, 9.17) is 9.47 Å². The van der Waals surface area contributed by atoms with E-state index in [9.17, 15) is 5.11 Å². The molecule has 0 radical (unpaired) electrons. The normalized spacial score (nSPS) is 31.6. The number of benzene rings is 1. The van der Waals surface area contributed by atoms with Crippen molar-refractivity contribution in [1.29, 1.82) is 0 Å². The lowest BCUT2D eigenvalue weighted by atomic mass is 9.49. The van der Waals surface area contributed by atoms with Crippen LogP contribution in [0.3, 0.4) is 0 Å². The molecule has 0 amide bonds. The molecule has 4 bridgehead atoms. The van der Waals surface area contributed by atoms with Gasteiger partial charge < -0.3 is 19.5 Å². The molecule has 0 aromatic heterocycles. The fourth-order valence-corrected chi connectivity index (χ4v) is 7.52. The van der Waals surface area contributed by atoms with Gasteiger partial charge >= 0.3 is 0 Å². The predicted molar refractivity (Wildman–Crippen MR) is 138 cm³/mol. The molecule has 1 saturated heterocycles. The molecular weight excluding hydrogens is 459 g/mol. The zero-order chi connectivity index (χ0) is 21.3. The number of halogens is 2. The van der Waals surface area contributed by atoms with Crippen LogP contribution < -0.4 is 9.64 Å². The zero-order valence-corrected chi connectivity index (χ0v) is 21.6. The Morgan fingerprint density at radius 1 is 0.970 bits per heavy atom. The molecule has 1 N–H and O–H groups in total. The summed E-state index contributed by atoms with van der Waals surface area (Å²) in [6.07, 6.45) is 9.66. The molecule has 1 aliphatic heterocycles. The molecule has 5 aliphatic rings. The van der Waals surface area contributed by atoms with Crippen molar-refractivity contribution in [2.75, 3.05) is 57.9 Å². The van der Waals surface area contributed by atoms with Crippen molar-refractivity contribution >= 4 is 30.5 Å². The van der Waals surface area contributed by atoms with Crippen LogP contribution >= 0.6 is 24.8 Å². The van der Waals surface area contributed by atoms with E-state index in [-0.39, 0.29) is 24.8 Å². The smallest absolute Gasteiger partial charge is 0.142 e. The molecular formula is C26H42Cl2N2O3. The Labute approximate surface area is 212 Å². The third-order valence-corrected chi connectivity index (χ3v) is 8.52. The highest BCUT2D eigenvalue weighted by Gasteiger charge is 2.50. The summed E-state index contributed by atoms with van der Waals surface area (Å²) in [4.78, 5) is 4.74. The molecule has 4 aliphatic carbocycles. The first-order valence-corrected chi connectivity index (χ1v) is 12.5. The van der Waals surface area contributed by atoms with Gasteiger partial charge in [-0.1, -0.05) is 12.1 Å². The van der Waals surface area contributed by atoms with Gasteiger partial charge in [0, 0.05) is 39.3 Å². The van der Waals surface area contributed by atoms with Crippen LogP contribution in [-0.4, -0.2) is 69.2 Å². The molecule has 188 valence electrons. The summed E-state index contributed by atoms with van der Waals surface area (Å²) in [7, 11) is 1.73. The van der Waals surface area contributed by atoms with Gasteiger partial charge in [-0.3, -0.25) is 4.90 Å². The highest BCUT2D eigenvalue weighted by atomic mass is 35.5. The summed E-state index contributed by atoms with van der Waals surface area (Å²) in [6, 6.07) is 8.22. The number of aliphatic hydroxyl groups excluding tert-OH is 1. The Bertz CT molecular complexity index is 707. The van der Waals surface area contributed by atoms with Crippen molar-refractivity contribution in [1.82, 2.24) is 4.90 Å². The van der Waals surface area contributed by atoms with Crippen LogP contribution in [0.25, 0.3) is 0 Å². The molecule has 1 aromatic carbocycles. The van der Waals surface area contributed by atoms with E-state index in [0.29, 0.717) is 18.6 Å². The highest BCUT2D eigenvalue weighted by molar-refractivity contribution is 5.85. The van der Waals surface area contributed by atoms with Gasteiger partial charge in [-0.15, -0.1) is 24.8 Å². The van der Waals surface area contributed by atoms with Gasteiger partial charge in [0.25, 0.3) is 0 Å². The highest BCUT2D eigenvalue weighted by Crippen LogP contribution is 2.61. The molecule has 5 nitrogen and oxygen atoms in total. The number of piperazine rings is 1. The molecule has 5 fully saturated rings. The second-order valence-corrected chi connectivity index (χ2v) is 10.9. The lowest BCUT2D eigenvalue weighted by molar-refractivity contribution is -0.0741. The lowest BCUT2D eigenvalue weighted by Crippen LogP contribution is -2.49. The van der Waals surface area contributed by atoms with Gasteiger partial charge in [0.05, 0.1) is 25.5 Å². The first-order chi connectivity index (χ1) is 15.1. The SMILES string of the molecule is COc1ccccc1N1CCN(CC(O)COCCC23CC4CC(CC(C4)C2)C3)CC1.Cl.Cl. The van der Waals surface area contributed by atoms with E-state index in [0.717, 1.165) is 56.3 Å². The lowest BCUT2D eigenvalue weighted by Gasteiger charge is -2.57. The van der Waals surface area contributed by atoms with Crippen molar-refractivity contribution in [2.24, 2.45) is 23.2 Å². The van der Waals surface area contributed by atoms with E-state index in [1.54, 1.807) is 7.11 Å². The Morgan fingerprint density at radius 2 is 1.58 bits per heavy atom. The number of ether oxygens (including phenoxy) is 2. The number of rotatable bonds is 9. The topological polar surface area (TPSA) is 45.2 Å². The first kappa shape index (κ1) is 26.9. The maximum atomic E-state index is 10.5. The summed E-state index contributed by atoms with van der Waals surface area (Å²) >= 11 is 0. The first-order valence-electron chi connectivity index (χ1n) is 12.5. The number of nitrogens with zero attached hydrogens (tertiary/aromatic N) is 2. The molecule has 7 heteroatoms. The van der Waals surface area contributed by atoms with E-state index in [2.05, 4.69) is 21.9 Å². The summed E-state index contributed by atoms with van der Waals surface area (Å²) in [6.45, 7) is 5.84. The van der Waals surface area contributed by atoms with Crippen molar-refractivity contribution < 1.29 is 14.6 Å². The number of anilines is 1. The average Bonchev–Trinajstić information content (AvgIpc) is 2.76. The quantitative estimate of drug-likeness (QED) is 0.500. The fraction of sp³-hybridized carbons (Fsp3) is 0.769. The van der Waals surface area contributed by atoms with Crippen molar-refractivity contribution in [3.05, 3.63) is 24.3 Å². The number of β-amino-alcohol motifs (C(OH)–C–C–N with tert-alkyl or cyclic N) is 1. The molecule has 1 aromatic rings. The molecule has 1 unspecified atom stereocenters. The predicted octanol–water partition coefficient (Wildman–Crippen LogP) is 4.64. The molecule has 0 spiro atoms. The van der Waals surface area contributed by atoms with E-state index >= 15 is 0 Å². The number of hydrogen-bond acceptors (Lipinski definition) is 5. The second kappa shape index (κ2) is 11.8. The Hall–Kier alpha value is -0.720. The number of methoxy groups -OCH3 is 1. The van der Waals surface area contributed by atoms with E-state index in [1.807, 2.05) is 12.1 Å². The van der Waals surface area contributed by atoms with Crippen LogP contribution in [0.5, 0.6) is 5.75 Å². The number of hydrogen-bond donors (Lipinski definition) is 1. The van der Waals surface area contributed by atoms with Crippen LogP contribution in [0, 0.1) is 23.2 Å². The third-order valence-electron chi connectivity index (χ3n) is 8.52. The maximum absolute atomic E-state index is 10.5. The minimum atomic E-state index is -0.394. The minimum Gasteiger partial charge on any atom is -0.495 e. The molecule has 6 rings (SSSR count). The van der Waals surface area contributed by atoms with Gasteiger partial charge in [-0.2, -0.15) is 0 Å². The molecule has 33 heavy (non-hydrogen) atoms. The van der Waals surface area contributed by atoms with Crippen molar-refractivity contribution in [2.45, 2.75) is 51.0 Å². The summed E-state index contributed by atoms with van der Waals surface area (Å²) < 4.78 is 11.5. The average molecular weight is 502 g/mol. The third kappa shape index (κ3) is 6.29. The van der Waals surface area contributed by atoms with Crippen molar-refractivity contribution in [3.8, 4) is 5.75 Å². The van der Waals surface area contributed by atoms with Gasteiger partial charge in [0.15, 0.2) is 0 Å². The minimum absolute atomic E-state index is 0. The zero-order valence-electron chi connectivity index (χ0n) is 20.0. The van der Waals surface area contributed by atoms with Gasteiger partial charge in [-0.05, 0) is 80.2 Å². The maximum Gasteiger partial charge on any atom is 0.142 e. The molecule has 4 saturated carbocycles. The number of aliphatic hydroxyl groups is 1. The fourth-order valence-electron chi connectivity index (χ4n) is 7.52. The van der Waals surface area contributed by atoms with Gasteiger partial charge in [0.2, 0.25) is 0 Å². The van der Waals surface area contributed by atoms with Crippen molar-refractivity contribution in [3.63, 3.8) is 0 Å². The Balaban J connectivity index is 0.00000153. The Morgan fingerprint density at radius 3 is 2.18 bits per heavy atom. The summed E-state index contributed by atoms with van der Waals surface area (Å²) in [5.41, 5.74) is 1.74. The van der Waals surface area contributed by atoms with Crippen LogP contribution in [-0.2, 0) is 4.74 Å². The Kier molecular flexibility index (Phi) is 9.62. The summed E-state index contributed by atoms with van der Waals surface area (Å²) in [5, 5.41) is 10.5. The van der Waals surface area contributed by atoms with Gasteiger partial charge in [0.1, 0.15) is 5.75 Å². The van der Waals surface area contributed by atoms with Crippen LogP contribution in [0.4, 0.5) is 5.69 Å². The molecule has 1 atom stereocenters. The summed E-state index contributed by atoms with van der Waals surface area (Å²) in [5.74, 6) is 3.95. The van der Waals surface area contributed by atoms with E-state index in [1.165, 1.54) is 50.6 Å². The van der Waals surface area contributed by atoms with Crippen LogP contribution in [0.15, 0.2) is 24.3 Å². The van der Waals surface area contributed by atoms with E-state index < -0.39 is 6.10 Å². The van der Waals surface area contributed by atoms with Gasteiger partial charge in [-0.25, -0.2) is 0 Å². The standard InChI is InChI=1S/C26H40N2O3.2ClH/c1-30-25-5-3-2-4-24(25)28-9-7-27(8-10-28)18-23(29)19-31-11-6-26-15-20-12-21(16-26)14-22(13-20)17-26;;/h2-5,20-23,29H,6-19H2,1H3;2*1H. The largest absolute Gasteiger partial charge is 0.495 e. The van der Waals surface area contributed by atoms with Crippen LogP contribution in [0.1, 0.15) is 44.9 Å². The van der Waals surface area contributed by atoms with Crippen LogP contribution in [0.2, 0.25) is 0 Å². The second-order valence-electron chi connectivity index (χ2n) is 10.9. The molecule has 1 heterocycles. The number of para-hydroxylation sites is 2. The monoisotopic (exact) mass is 500 g/mol.